The fourth-order valence-electron chi connectivity index (χ4n) is 6.48. The predicted molar refractivity (Wildman–Crippen MR) is 156 cm³/mol. The zero-order valence-corrected chi connectivity index (χ0v) is 24.9. The van der Waals surface area contributed by atoms with Gasteiger partial charge in [-0.25, -0.2) is 0 Å². The highest BCUT2D eigenvalue weighted by Crippen LogP contribution is 2.43. The van der Waals surface area contributed by atoms with Crippen LogP contribution in [0, 0.1) is 11.8 Å². The first-order chi connectivity index (χ1) is 19.7. The number of ether oxygens (including phenoxy) is 3. The Bertz CT molecular complexity index is 1120. The summed E-state index contributed by atoms with van der Waals surface area (Å²) in [7, 11) is 1.65. The number of anilines is 2. The van der Waals surface area contributed by atoms with Gasteiger partial charge >= 0.3 is 0 Å². The Hall–Kier alpha value is -2.69. The second-order valence-corrected chi connectivity index (χ2v) is 12.3. The van der Waals surface area contributed by atoms with E-state index in [1.165, 1.54) is 0 Å². The van der Waals surface area contributed by atoms with Crippen LogP contribution in [0.5, 0.6) is 5.75 Å². The maximum absolute atomic E-state index is 14.1. The zero-order valence-electron chi connectivity index (χ0n) is 24.9. The molecule has 4 atom stereocenters. The second-order valence-electron chi connectivity index (χ2n) is 12.3. The van der Waals surface area contributed by atoms with E-state index >= 15 is 0 Å². The number of hydrogen-bond donors (Lipinski definition) is 2. The SMILES string of the molecule is CCO[C@H]1CCC[C@@H]1NC(=O)[C@@H]1CNC[C@H](C(=O)N(c2ccc3c(c2)N(CCCOC)C(=O)C(C)(C)O3)C2CC2)C1. The number of piperidine rings is 1. The van der Waals surface area contributed by atoms with Crippen molar-refractivity contribution in [3.8, 4) is 5.75 Å². The van der Waals surface area contributed by atoms with Crippen LogP contribution in [0.4, 0.5) is 11.4 Å². The van der Waals surface area contributed by atoms with E-state index in [0.717, 1.165) is 37.8 Å². The molecule has 41 heavy (non-hydrogen) atoms. The summed E-state index contributed by atoms with van der Waals surface area (Å²) >= 11 is 0. The Labute approximate surface area is 243 Å². The molecule has 0 spiro atoms. The maximum Gasteiger partial charge on any atom is 0.270 e. The molecule has 0 unspecified atom stereocenters. The number of fused-ring (bicyclic) bond motifs is 1. The maximum atomic E-state index is 14.1. The number of methoxy groups -OCH3 is 1. The minimum Gasteiger partial charge on any atom is -0.476 e. The molecular weight excluding hydrogens is 524 g/mol. The Morgan fingerprint density at radius 3 is 2.68 bits per heavy atom. The number of benzene rings is 1. The topological polar surface area (TPSA) is 109 Å². The predicted octanol–water partition coefficient (Wildman–Crippen LogP) is 3.02. The van der Waals surface area contributed by atoms with Gasteiger partial charge in [-0.3, -0.25) is 14.4 Å². The van der Waals surface area contributed by atoms with E-state index in [0.29, 0.717) is 57.1 Å². The van der Waals surface area contributed by atoms with Crippen LogP contribution in [0.25, 0.3) is 0 Å². The van der Waals surface area contributed by atoms with Crippen LogP contribution >= 0.6 is 0 Å². The van der Waals surface area contributed by atoms with Crippen LogP contribution in [0.2, 0.25) is 0 Å². The van der Waals surface area contributed by atoms with Crippen LogP contribution < -0.4 is 25.2 Å². The largest absolute Gasteiger partial charge is 0.476 e. The Morgan fingerprint density at radius 2 is 1.95 bits per heavy atom. The van der Waals surface area contributed by atoms with Crippen LogP contribution in [0.3, 0.4) is 0 Å². The number of nitrogens with one attached hydrogen (secondary N) is 2. The van der Waals surface area contributed by atoms with Crippen LogP contribution in [0.15, 0.2) is 18.2 Å². The Balaban J connectivity index is 1.32. The number of nitrogens with zero attached hydrogens (tertiary/aromatic N) is 2. The van der Waals surface area contributed by atoms with Crippen molar-refractivity contribution in [2.45, 2.75) is 89.5 Å². The minimum absolute atomic E-state index is 0.00309. The van der Waals surface area contributed by atoms with Gasteiger partial charge in [0.2, 0.25) is 11.8 Å². The quantitative estimate of drug-likeness (QED) is 0.394. The standard InChI is InChI=1S/C31H46N4O6/c1-5-40-26-9-6-8-24(26)33-28(36)20-16-21(19-32-18-20)29(37)35(22-10-11-22)23-12-13-27-25(17-23)34(14-7-15-39-4)30(38)31(2,3)41-27/h12-13,17,20-22,24,26,32H,5-11,14-16,18-19H2,1-4H3,(H,33,36)/t20-,21+,24-,26-/m0/s1. The van der Waals surface area contributed by atoms with Gasteiger partial charge in [-0.1, -0.05) is 0 Å². The lowest BCUT2D eigenvalue weighted by Crippen LogP contribution is -2.53. The van der Waals surface area contributed by atoms with Gasteiger partial charge < -0.3 is 34.6 Å². The molecule has 2 N–H and O–H groups in total. The summed E-state index contributed by atoms with van der Waals surface area (Å²) in [6, 6.07) is 5.87. The van der Waals surface area contributed by atoms with Crippen molar-refractivity contribution in [2.24, 2.45) is 11.8 Å². The number of hydrogen-bond acceptors (Lipinski definition) is 7. The normalized spacial score (nSPS) is 27.2. The highest BCUT2D eigenvalue weighted by Gasteiger charge is 2.43. The highest BCUT2D eigenvalue weighted by atomic mass is 16.5. The van der Waals surface area contributed by atoms with Crippen LogP contribution in [0.1, 0.15) is 65.7 Å². The van der Waals surface area contributed by atoms with Crippen LogP contribution in [-0.4, -0.2) is 81.5 Å². The van der Waals surface area contributed by atoms with E-state index < -0.39 is 5.60 Å². The van der Waals surface area contributed by atoms with Gasteiger partial charge in [0.25, 0.3) is 5.91 Å². The lowest BCUT2D eigenvalue weighted by Gasteiger charge is -2.40. The molecule has 2 heterocycles. The van der Waals surface area contributed by atoms with E-state index in [9.17, 15) is 14.4 Å². The minimum atomic E-state index is -0.974. The van der Waals surface area contributed by atoms with Crippen molar-refractivity contribution in [1.82, 2.24) is 10.6 Å². The molecule has 3 amide bonds. The molecule has 4 aliphatic rings. The zero-order chi connectivity index (χ0) is 29.1. The van der Waals surface area contributed by atoms with Crippen molar-refractivity contribution >= 4 is 29.1 Å². The van der Waals surface area contributed by atoms with Gasteiger partial charge in [0.15, 0.2) is 5.60 Å². The highest BCUT2D eigenvalue weighted by molar-refractivity contribution is 6.04. The molecule has 0 bridgehead atoms. The van der Waals surface area contributed by atoms with Crippen molar-refractivity contribution in [3.05, 3.63) is 18.2 Å². The average Bonchev–Trinajstić information content (AvgIpc) is 3.70. The lowest BCUT2D eigenvalue weighted by molar-refractivity contribution is -0.132. The molecule has 2 aliphatic carbocycles. The molecule has 3 fully saturated rings. The van der Waals surface area contributed by atoms with E-state index in [2.05, 4.69) is 10.6 Å². The van der Waals surface area contributed by atoms with Crippen molar-refractivity contribution < 1.29 is 28.6 Å². The molecule has 10 heteroatoms. The van der Waals surface area contributed by atoms with Crippen molar-refractivity contribution in [3.63, 3.8) is 0 Å². The molecule has 1 aromatic rings. The summed E-state index contributed by atoms with van der Waals surface area (Å²) in [4.78, 5) is 44.3. The summed E-state index contributed by atoms with van der Waals surface area (Å²) in [6.45, 7) is 8.34. The Morgan fingerprint density at radius 1 is 1.17 bits per heavy atom. The van der Waals surface area contributed by atoms with Gasteiger partial charge in [-0.05, 0) is 83.9 Å². The Kier molecular flexibility index (Phi) is 9.21. The number of amides is 3. The molecule has 2 aliphatic heterocycles. The molecule has 1 aromatic carbocycles. The van der Waals surface area contributed by atoms with Gasteiger partial charge in [-0.15, -0.1) is 0 Å². The van der Waals surface area contributed by atoms with Gasteiger partial charge in [0.1, 0.15) is 5.75 Å². The second kappa shape index (κ2) is 12.7. The third kappa shape index (κ3) is 6.54. The van der Waals surface area contributed by atoms with Crippen molar-refractivity contribution in [2.75, 3.05) is 49.8 Å². The summed E-state index contributed by atoms with van der Waals surface area (Å²) in [6.07, 6.45) is 6.10. The molecule has 1 saturated heterocycles. The van der Waals surface area contributed by atoms with E-state index in [-0.39, 0.29) is 47.7 Å². The van der Waals surface area contributed by atoms with Gasteiger partial charge in [0, 0.05) is 51.7 Å². The number of carbonyl (C=O) groups is 3. The summed E-state index contributed by atoms with van der Waals surface area (Å²) in [5.41, 5.74) is 0.472. The third-order valence-electron chi connectivity index (χ3n) is 8.75. The first-order valence-corrected chi connectivity index (χ1v) is 15.3. The number of rotatable bonds is 11. The molecule has 226 valence electrons. The summed E-state index contributed by atoms with van der Waals surface area (Å²) < 4.78 is 17.1. The summed E-state index contributed by atoms with van der Waals surface area (Å²) in [5.74, 6) is -0.0242. The fourth-order valence-corrected chi connectivity index (χ4v) is 6.48. The molecule has 0 aromatic heterocycles. The van der Waals surface area contributed by atoms with E-state index in [1.807, 2.05) is 30.0 Å². The molecule has 0 radical (unpaired) electrons. The molecule has 5 rings (SSSR count). The van der Waals surface area contributed by atoms with Gasteiger partial charge in [-0.2, -0.15) is 0 Å². The molecular formula is C31H46N4O6. The number of carbonyl (C=O) groups excluding carboxylic acids is 3. The van der Waals surface area contributed by atoms with Gasteiger partial charge in [0.05, 0.1) is 29.7 Å². The van der Waals surface area contributed by atoms with Crippen LogP contribution in [-0.2, 0) is 23.9 Å². The monoisotopic (exact) mass is 570 g/mol. The van der Waals surface area contributed by atoms with E-state index in [1.54, 1.807) is 25.9 Å². The van der Waals surface area contributed by atoms with Crippen molar-refractivity contribution in [1.29, 1.82) is 0 Å². The molecule has 2 saturated carbocycles. The lowest BCUT2D eigenvalue weighted by atomic mass is 9.88. The first-order valence-electron chi connectivity index (χ1n) is 15.3. The average molecular weight is 571 g/mol. The first kappa shape index (κ1) is 29.8. The molecule has 10 nitrogen and oxygen atoms in total. The fraction of sp³-hybridized carbons (Fsp3) is 0.710. The third-order valence-corrected chi connectivity index (χ3v) is 8.75. The smallest absolute Gasteiger partial charge is 0.270 e. The summed E-state index contributed by atoms with van der Waals surface area (Å²) in [5, 5.41) is 6.57. The van der Waals surface area contributed by atoms with E-state index in [4.69, 9.17) is 14.2 Å².